The zero-order chi connectivity index (χ0) is 17.6. The quantitative estimate of drug-likeness (QED) is 0.277. The third-order valence-corrected chi connectivity index (χ3v) is 3.64. The van der Waals surface area contributed by atoms with Gasteiger partial charge in [0.2, 0.25) is 0 Å². The van der Waals surface area contributed by atoms with Crippen LogP contribution in [0.4, 0.5) is 0 Å². The van der Waals surface area contributed by atoms with Crippen molar-refractivity contribution in [3.8, 4) is 6.07 Å². The van der Waals surface area contributed by atoms with E-state index in [1.54, 1.807) is 0 Å². The minimum absolute atomic E-state index is 0.0440. The molecule has 0 spiro atoms. The zero-order valence-corrected chi connectivity index (χ0v) is 13.9. The summed E-state index contributed by atoms with van der Waals surface area (Å²) in [5.41, 5.74) is 0.0440. The number of ether oxygens (including phenoxy) is 1. The topological polar surface area (TPSA) is 115 Å². The highest BCUT2D eigenvalue weighted by molar-refractivity contribution is 5.97. The van der Waals surface area contributed by atoms with Gasteiger partial charge in [0.05, 0.1) is 13.2 Å². The zero-order valence-electron chi connectivity index (χ0n) is 13.9. The Hall–Kier alpha value is -2.11. The average Bonchev–Trinajstić information content (AvgIpc) is 2.58. The lowest BCUT2D eigenvalue weighted by molar-refractivity contribution is -0.137. The molecule has 1 rings (SSSR count). The monoisotopic (exact) mass is 338 g/mol. The second-order valence-corrected chi connectivity index (χ2v) is 5.54. The average molecular weight is 338 g/mol. The highest BCUT2D eigenvalue weighted by atomic mass is 16.5. The van der Waals surface area contributed by atoms with E-state index < -0.39 is 5.97 Å². The second-order valence-electron chi connectivity index (χ2n) is 5.54. The van der Waals surface area contributed by atoms with Gasteiger partial charge < -0.3 is 20.5 Å². The SMILES string of the molecule is N#C/C(=C/NCCCCCC(=O)O)C(=O)NCCN1CCOCC1. The van der Waals surface area contributed by atoms with Crippen molar-refractivity contribution < 1.29 is 19.4 Å². The van der Waals surface area contributed by atoms with Crippen LogP contribution in [0.25, 0.3) is 0 Å². The van der Waals surface area contributed by atoms with E-state index in [0.29, 0.717) is 32.7 Å². The fraction of sp³-hybridized carbons (Fsp3) is 0.688. The number of carboxylic acids is 1. The van der Waals surface area contributed by atoms with Crippen molar-refractivity contribution in [2.24, 2.45) is 0 Å². The molecule has 134 valence electrons. The predicted octanol–water partition coefficient (Wildman–Crippen LogP) is 0.0769. The van der Waals surface area contributed by atoms with Crippen LogP contribution >= 0.6 is 0 Å². The first-order valence-electron chi connectivity index (χ1n) is 8.27. The van der Waals surface area contributed by atoms with Crippen LogP contribution in [0.3, 0.4) is 0 Å². The van der Waals surface area contributed by atoms with E-state index in [1.165, 1.54) is 6.20 Å². The number of morpholine rings is 1. The van der Waals surface area contributed by atoms with Gasteiger partial charge >= 0.3 is 5.97 Å². The molecule has 0 bridgehead atoms. The molecule has 24 heavy (non-hydrogen) atoms. The van der Waals surface area contributed by atoms with Gasteiger partial charge in [-0.2, -0.15) is 5.26 Å². The van der Waals surface area contributed by atoms with Gasteiger partial charge in [0.25, 0.3) is 5.91 Å². The van der Waals surface area contributed by atoms with Crippen molar-refractivity contribution in [1.29, 1.82) is 5.26 Å². The van der Waals surface area contributed by atoms with E-state index in [2.05, 4.69) is 15.5 Å². The molecule has 0 unspecified atom stereocenters. The van der Waals surface area contributed by atoms with E-state index in [-0.39, 0.29) is 17.9 Å². The van der Waals surface area contributed by atoms with Gasteiger partial charge in [0, 0.05) is 45.3 Å². The van der Waals surface area contributed by atoms with Crippen molar-refractivity contribution in [1.82, 2.24) is 15.5 Å². The number of rotatable bonds is 11. The highest BCUT2D eigenvalue weighted by Gasteiger charge is 2.12. The number of unbranched alkanes of at least 4 members (excludes halogenated alkanes) is 2. The number of hydrogen-bond acceptors (Lipinski definition) is 6. The summed E-state index contributed by atoms with van der Waals surface area (Å²) in [6.45, 7) is 4.99. The Balaban J connectivity index is 2.15. The maximum atomic E-state index is 11.9. The minimum Gasteiger partial charge on any atom is -0.481 e. The summed E-state index contributed by atoms with van der Waals surface area (Å²) in [6, 6.07) is 1.88. The summed E-state index contributed by atoms with van der Waals surface area (Å²) in [7, 11) is 0. The van der Waals surface area contributed by atoms with Gasteiger partial charge in [-0.05, 0) is 12.8 Å². The standard InChI is InChI=1S/C16H26N4O4/c17-12-14(13-18-5-3-1-2-4-15(21)22)16(23)19-6-7-20-8-10-24-11-9-20/h13,18H,1-11H2,(H,19,23)(H,21,22)/b14-13-. The summed E-state index contributed by atoms with van der Waals surface area (Å²) in [5.74, 6) is -1.17. The number of nitrogens with zero attached hydrogens (tertiary/aromatic N) is 2. The maximum Gasteiger partial charge on any atom is 0.303 e. The Morgan fingerprint density at radius 2 is 1.96 bits per heavy atom. The first-order valence-corrected chi connectivity index (χ1v) is 8.27. The molecule has 1 heterocycles. The third-order valence-electron chi connectivity index (χ3n) is 3.64. The van der Waals surface area contributed by atoms with Gasteiger partial charge in [0.15, 0.2) is 0 Å². The molecule has 0 aromatic heterocycles. The van der Waals surface area contributed by atoms with Crippen LogP contribution in [0.1, 0.15) is 25.7 Å². The molecule has 1 aliphatic heterocycles. The number of carbonyl (C=O) groups excluding carboxylic acids is 1. The number of nitriles is 1. The number of hydrogen-bond donors (Lipinski definition) is 3. The van der Waals surface area contributed by atoms with Gasteiger partial charge in [-0.15, -0.1) is 0 Å². The molecule has 0 aliphatic carbocycles. The summed E-state index contributed by atoms with van der Waals surface area (Å²) in [5, 5.41) is 23.2. The van der Waals surface area contributed by atoms with E-state index in [9.17, 15) is 9.59 Å². The summed E-state index contributed by atoms with van der Waals surface area (Å²) < 4.78 is 5.26. The van der Waals surface area contributed by atoms with Gasteiger partial charge in [0.1, 0.15) is 11.6 Å². The van der Waals surface area contributed by atoms with Crippen molar-refractivity contribution in [2.45, 2.75) is 25.7 Å². The Kier molecular flexibility index (Phi) is 10.2. The summed E-state index contributed by atoms with van der Waals surface area (Å²) in [4.78, 5) is 24.5. The molecule has 1 amide bonds. The van der Waals surface area contributed by atoms with E-state index in [1.807, 2.05) is 6.07 Å². The lowest BCUT2D eigenvalue weighted by Gasteiger charge is -2.26. The molecule has 0 aromatic rings. The van der Waals surface area contributed by atoms with E-state index in [0.717, 1.165) is 32.5 Å². The smallest absolute Gasteiger partial charge is 0.303 e. The molecule has 0 aromatic carbocycles. The third kappa shape index (κ3) is 9.12. The fourth-order valence-electron chi connectivity index (χ4n) is 2.25. The first-order chi connectivity index (χ1) is 11.6. The molecule has 1 fully saturated rings. The molecule has 8 nitrogen and oxygen atoms in total. The van der Waals surface area contributed by atoms with Gasteiger partial charge in [-0.25, -0.2) is 0 Å². The molecular formula is C16H26N4O4. The Morgan fingerprint density at radius 3 is 2.62 bits per heavy atom. The highest BCUT2D eigenvalue weighted by Crippen LogP contribution is 1.99. The Morgan fingerprint density at radius 1 is 1.21 bits per heavy atom. The van der Waals surface area contributed by atoms with Crippen molar-refractivity contribution in [3.63, 3.8) is 0 Å². The number of carbonyl (C=O) groups is 2. The largest absolute Gasteiger partial charge is 0.481 e. The summed E-state index contributed by atoms with van der Waals surface area (Å²) >= 11 is 0. The van der Waals surface area contributed by atoms with Crippen molar-refractivity contribution >= 4 is 11.9 Å². The first kappa shape index (κ1) is 19.9. The molecule has 3 N–H and O–H groups in total. The molecular weight excluding hydrogens is 312 g/mol. The number of nitrogens with one attached hydrogen (secondary N) is 2. The molecule has 0 radical (unpaired) electrons. The molecule has 0 atom stereocenters. The lowest BCUT2D eigenvalue weighted by atomic mass is 10.2. The Labute approximate surface area is 142 Å². The molecule has 8 heteroatoms. The molecule has 1 saturated heterocycles. The predicted molar refractivity (Wildman–Crippen MR) is 88.1 cm³/mol. The van der Waals surface area contributed by atoms with Crippen LogP contribution in [0.2, 0.25) is 0 Å². The normalized spacial score (nSPS) is 15.5. The van der Waals surface area contributed by atoms with Crippen molar-refractivity contribution in [2.75, 3.05) is 45.9 Å². The van der Waals surface area contributed by atoms with Crippen LogP contribution in [-0.4, -0.2) is 67.8 Å². The van der Waals surface area contributed by atoms with Gasteiger partial charge in [-0.1, -0.05) is 6.42 Å². The van der Waals surface area contributed by atoms with E-state index >= 15 is 0 Å². The Bertz CT molecular complexity index is 467. The van der Waals surface area contributed by atoms with Crippen LogP contribution in [-0.2, 0) is 14.3 Å². The second kappa shape index (κ2) is 12.3. The number of amides is 1. The molecule has 1 aliphatic rings. The van der Waals surface area contributed by atoms with E-state index in [4.69, 9.17) is 15.1 Å². The van der Waals surface area contributed by atoms with Crippen LogP contribution < -0.4 is 10.6 Å². The van der Waals surface area contributed by atoms with Crippen molar-refractivity contribution in [3.05, 3.63) is 11.8 Å². The number of aliphatic carboxylic acids is 1. The van der Waals surface area contributed by atoms with Crippen LogP contribution in [0.15, 0.2) is 11.8 Å². The number of carboxylic acid groups (broad SMARTS) is 1. The summed E-state index contributed by atoms with van der Waals surface area (Å²) in [6.07, 6.45) is 3.81. The minimum atomic E-state index is -0.789. The van der Waals surface area contributed by atoms with Crippen LogP contribution in [0, 0.1) is 11.3 Å². The lowest BCUT2D eigenvalue weighted by Crippen LogP contribution is -2.41. The maximum absolute atomic E-state index is 11.9. The molecule has 0 saturated carbocycles. The van der Waals surface area contributed by atoms with Gasteiger partial charge in [-0.3, -0.25) is 14.5 Å². The fourth-order valence-corrected chi connectivity index (χ4v) is 2.25. The van der Waals surface area contributed by atoms with Crippen LogP contribution in [0.5, 0.6) is 0 Å².